The van der Waals surface area contributed by atoms with Gasteiger partial charge in [0, 0.05) is 18.8 Å². The largest absolute Gasteiger partial charge is 0.496 e. The van der Waals surface area contributed by atoms with Crippen LogP contribution in [0.5, 0.6) is 5.75 Å². The van der Waals surface area contributed by atoms with Gasteiger partial charge in [0.25, 0.3) is 0 Å². The second-order valence-corrected chi connectivity index (χ2v) is 4.66. The molecule has 1 aromatic heterocycles. The van der Waals surface area contributed by atoms with Gasteiger partial charge in [-0.2, -0.15) is 5.10 Å². The number of benzene rings is 1. The molecule has 0 radical (unpaired) electrons. The van der Waals surface area contributed by atoms with Gasteiger partial charge >= 0.3 is 5.97 Å². The number of carbonyl (C=O) groups is 1. The number of esters is 1. The fourth-order valence-electron chi connectivity index (χ4n) is 1.90. The summed E-state index contributed by atoms with van der Waals surface area (Å²) in [4.78, 5) is 11.8. The van der Waals surface area contributed by atoms with Gasteiger partial charge in [0.2, 0.25) is 0 Å². The zero-order chi connectivity index (χ0) is 14.5. The summed E-state index contributed by atoms with van der Waals surface area (Å²) in [5, 5.41) is 4.02. The average Bonchev–Trinajstić information content (AvgIpc) is 2.84. The van der Waals surface area contributed by atoms with E-state index in [2.05, 4.69) is 5.10 Å². The van der Waals surface area contributed by atoms with Gasteiger partial charge in [0.1, 0.15) is 12.4 Å². The fourth-order valence-corrected chi connectivity index (χ4v) is 1.90. The first-order valence-corrected chi connectivity index (χ1v) is 6.35. The quantitative estimate of drug-likeness (QED) is 0.783. The number of hydrogen-bond acceptors (Lipinski definition) is 4. The third kappa shape index (κ3) is 3.60. The summed E-state index contributed by atoms with van der Waals surface area (Å²) in [5.41, 5.74) is 2.80. The molecule has 0 bridgehead atoms. The maximum atomic E-state index is 11.8. The van der Waals surface area contributed by atoms with Crippen molar-refractivity contribution in [2.45, 2.75) is 20.0 Å². The maximum Gasteiger partial charge on any atom is 0.310 e. The first kappa shape index (κ1) is 14.1. The van der Waals surface area contributed by atoms with Crippen molar-refractivity contribution >= 4 is 5.97 Å². The van der Waals surface area contributed by atoms with Gasteiger partial charge in [-0.3, -0.25) is 9.48 Å². The third-order valence-corrected chi connectivity index (χ3v) is 2.98. The number of rotatable bonds is 5. The van der Waals surface area contributed by atoms with Crippen LogP contribution in [0.3, 0.4) is 0 Å². The van der Waals surface area contributed by atoms with Gasteiger partial charge in [-0.15, -0.1) is 0 Å². The van der Waals surface area contributed by atoms with Crippen molar-refractivity contribution in [2.75, 3.05) is 7.11 Å². The average molecular weight is 274 g/mol. The highest BCUT2D eigenvalue weighted by atomic mass is 16.5. The molecular formula is C15H18N2O3. The normalized spacial score (nSPS) is 10.3. The lowest BCUT2D eigenvalue weighted by Crippen LogP contribution is -2.08. The number of ether oxygens (including phenoxy) is 2. The molecule has 0 saturated heterocycles. The van der Waals surface area contributed by atoms with Crippen LogP contribution >= 0.6 is 0 Å². The van der Waals surface area contributed by atoms with Gasteiger partial charge in [-0.05, 0) is 24.1 Å². The van der Waals surface area contributed by atoms with Crippen LogP contribution in [-0.4, -0.2) is 22.9 Å². The minimum atomic E-state index is -0.264. The van der Waals surface area contributed by atoms with E-state index in [-0.39, 0.29) is 19.0 Å². The van der Waals surface area contributed by atoms with Gasteiger partial charge in [0.15, 0.2) is 0 Å². The van der Waals surface area contributed by atoms with Crippen LogP contribution in [0, 0.1) is 6.92 Å². The van der Waals surface area contributed by atoms with Crippen molar-refractivity contribution in [1.82, 2.24) is 9.78 Å². The topological polar surface area (TPSA) is 53.4 Å². The summed E-state index contributed by atoms with van der Waals surface area (Å²) in [7, 11) is 3.44. The van der Waals surface area contributed by atoms with Crippen molar-refractivity contribution < 1.29 is 14.3 Å². The van der Waals surface area contributed by atoms with E-state index in [1.54, 1.807) is 18.0 Å². The first-order valence-electron chi connectivity index (χ1n) is 6.35. The predicted molar refractivity (Wildman–Crippen MR) is 74.4 cm³/mol. The molecule has 0 aliphatic carbocycles. The summed E-state index contributed by atoms with van der Waals surface area (Å²) < 4.78 is 12.1. The maximum absolute atomic E-state index is 11.8. The zero-order valence-corrected chi connectivity index (χ0v) is 11.9. The number of carbonyl (C=O) groups excluding carboxylic acids is 1. The zero-order valence-electron chi connectivity index (χ0n) is 11.9. The Labute approximate surface area is 118 Å². The van der Waals surface area contributed by atoms with E-state index in [0.717, 1.165) is 22.4 Å². The fraction of sp³-hybridized carbons (Fsp3) is 0.333. The standard InChI is InChI=1S/C15H18N2O3/c1-11-4-5-12(6-14(11)19-3)7-15(18)20-10-13-8-16-17(2)9-13/h4-6,8-9H,7,10H2,1-3H3. The van der Waals surface area contributed by atoms with Crippen LogP contribution in [0.1, 0.15) is 16.7 Å². The van der Waals surface area contributed by atoms with Gasteiger partial charge in [-0.25, -0.2) is 0 Å². The van der Waals surface area contributed by atoms with Crippen LogP contribution in [-0.2, 0) is 29.6 Å². The molecular weight excluding hydrogens is 256 g/mol. The monoisotopic (exact) mass is 274 g/mol. The Bertz CT molecular complexity index is 605. The minimum Gasteiger partial charge on any atom is -0.496 e. The molecule has 0 spiro atoms. The lowest BCUT2D eigenvalue weighted by Gasteiger charge is -2.07. The smallest absolute Gasteiger partial charge is 0.310 e. The molecule has 0 amide bonds. The Morgan fingerprint density at radius 3 is 2.80 bits per heavy atom. The lowest BCUT2D eigenvalue weighted by atomic mass is 10.1. The SMILES string of the molecule is COc1cc(CC(=O)OCc2cnn(C)c2)ccc1C. The lowest BCUT2D eigenvalue weighted by molar-refractivity contribution is -0.144. The molecule has 0 unspecified atom stereocenters. The Balaban J connectivity index is 1.91. The Hall–Kier alpha value is -2.30. The van der Waals surface area contributed by atoms with Crippen LogP contribution in [0.4, 0.5) is 0 Å². The molecule has 0 aliphatic rings. The number of methoxy groups -OCH3 is 1. The Morgan fingerprint density at radius 1 is 1.35 bits per heavy atom. The molecule has 2 rings (SSSR count). The molecule has 5 nitrogen and oxygen atoms in total. The molecule has 0 aliphatic heterocycles. The van der Waals surface area contributed by atoms with E-state index >= 15 is 0 Å². The predicted octanol–water partition coefficient (Wildman–Crippen LogP) is 2.02. The highest BCUT2D eigenvalue weighted by Crippen LogP contribution is 2.19. The van der Waals surface area contributed by atoms with E-state index in [4.69, 9.17) is 9.47 Å². The molecule has 1 heterocycles. The summed E-state index contributed by atoms with van der Waals surface area (Å²) in [6.07, 6.45) is 3.74. The molecule has 20 heavy (non-hydrogen) atoms. The third-order valence-electron chi connectivity index (χ3n) is 2.98. The molecule has 0 saturated carbocycles. The van der Waals surface area contributed by atoms with Crippen molar-refractivity contribution in [1.29, 1.82) is 0 Å². The van der Waals surface area contributed by atoms with E-state index < -0.39 is 0 Å². The Kier molecular flexibility index (Phi) is 4.40. The molecule has 0 atom stereocenters. The molecule has 0 N–H and O–H groups in total. The molecule has 5 heteroatoms. The number of hydrogen-bond donors (Lipinski definition) is 0. The van der Waals surface area contributed by atoms with Gasteiger partial charge in [-0.1, -0.05) is 12.1 Å². The number of aromatic nitrogens is 2. The highest BCUT2D eigenvalue weighted by Gasteiger charge is 2.08. The summed E-state index contributed by atoms with van der Waals surface area (Å²) in [5.74, 6) is 0.516. The second-order valence-electron chi connectivity index (χ2n) is 4.66. The Morgan fingerprint density at radius 2 is 2.15 bits per heavy atom. The van der Waals surface area contributed by atoms with Crippen LogP contribution in [0.15, 0.2) is 30.6 Å². The van der Waals surface area contributed by atoms with Crippen LogP contribution < -0.4 is 4.74 Å². The number of aryl methyl sites for hydroxylation is 2. The van der Waals surface area contributed by atoms with E-state index in [1.807, 2.05) is 38.4 Å². The molecule has 0 fully saturated rings. The van der Waals surface area contributed by atoms with Crippen LogP contribution in [0.25, 0.3) is 0 Å². The van der Waals surface area contributed by atoms with E-state index in [9.17, 15) is 4.79 Å². The van der Waals surface area contributed by atoms with Crippen molar-refractivity contribution in [3.8, 4) is 5.75 Å². The van der Waals surface area contributed by atoms with E-state index in [1.165, 1.54) is 0 Å². The summed E-state index contributed by atoms with van der Waals surface area (Å²) >= 11 is 0. The first-order chi connectivity index (χ1) is 9.58. The molecule has 106 valence electrons. The van der Waals surface area contributed by atoms with Crippen LogP contribution in [0.2, 0.25) is 0 Å². The van der Waals surface area contributed by atoms with Crippen molar-refractivity contribution in [2.24, 2.45) is 7.05 Å². The van der Waals surface area contributed by atoms with Crippen molar-refractivity contribution in [3.05, 3.63) is 47.3 Å². The van der Waals surface area contributed by atoms with Gasteiger partial charge in [0.05, 0.1) is 19.7 Å². The molecule has 1 aromatic carbocycles. The van der Waals surface area contributed by atoms with E-state index in [0.29, 0.717) is 0 Å². The van der Waals surface area contributed by atoms with Crippen molar-refractivity contribution in [3.63, 3.8) is 0 Å². The van der Waals surface area contributed by atoms with Gasteiger partial charge < -0.3 is 9.47 Å². The highest BCUT2D eigenvalue weighted by molar-refractivity contribution is 5.72. The minimum absolute atomic E-state index is 0.233. The second kappa shape index (κ2) is 6.23. The summed E-state index contributed by atoms with van der Waals surface area (Å²) in [6.45, 7) is 2.21. The number of nitrogens with zero attached hydrogens (tertiary/aromatic N) is 2. The molecule has 2 aromatic rings. The summed E-state index contributed by atoms with van der Waals surface area (Å²) in [6, 6.07) is 5.70.